The van der Waals surface area contributed by atoms with Gasteiger partial charge in [-0.3, -0.25) is 9.59 Å². The summed E-state index contributed by atoms with van der Waals surface area (Å²) in [5.41, 5.74) is 3.08. The molecule has 1 aliphatic rings. The molecule has 2 amide bonds. The van der Waals surface area contributed by atoms with Crippen molar-refractivity contribution in [2.75, 3.05) is 17.2 Å². The van der Waals surface area contributed by atoms with E-state index in [1.54, 1.807) is 19.1 Å². The lowest BCUT2D eigenvalue weighted by atomic mass is 10.1. The summed E-state index contributed by atoms with van der Waals surface area (Å²) in [6.45, 7) is 3.90. The number of anilines is 2. The van der Waals surface area contributed by atoms with Gasteiger partial charge in [-0.15, -0.1) is 23.1 Å². The van der Waals surface area contributed by atoms with Crippen LogP contribution in [0.4, 0.5) is 10.7 Å². The molecule has 0 fully saturated rings. The van der Waals surface area contributed by atoms with E-state index in [0.29, 0.717) is 21.3 Å². The Morgan fingerprint density at radius 1 is 1.05 bits per heavy atom. The SMILES string of the molecule is CCOC(=O)c1c(NC(=O)C(C)Sc2cccc(NC(=O)Cc3ccc(Cl)cc3)c2)sc2c1CCCCC2. The van der Waals surface area contributed by atoms with E-state index < -0.39 is 5.25 Å². The van der Waals surface area contributed by atoms with Gasteiger partial charge in [-0.2, -0.15) is 0 Å². The number of halogens is 1. The minimum absolute atomic E-state index is 0.135. The minimum Gasteiger partial charge on any atom is -0.462 e. The van der Waals surface area contributed by atoms with Gasteiger partial charge in [0.25, 0.3) is 0 Å². The fourth-order valence-electron chi connectivity index (χ4n) is 4.36. The molecular weight excluding hydrogens is 540 g/mol. The average molecular weight is 571 g/mol. The number of amides is 2. The monoisotopic (exact) mass is 570 g/mol. The third kappa shape index (κ3) is 7.40. The van der Waals surface area contributed by atoms with Gasteiger partial charge in [0.2, 0.25) is 11.8 Å². The van der Waals surface area contributed by atoms with E-state index in [-0.39, 0.29) is 30.8 Å². The molecule has 0 saturated heterocycles. The van der Waals surface area contributed by atoms with E-state index in [4.69, 9.17) is 16.3 Å². The van der Waals surface area contributed by atoms with Gasteiger partial charge in [-0.25, -0.2) is 4.79 Å². The van der Waals surface area contributed by atoms with Gasteiger partial charge >= 0.3 is 5.97 Å². The van der Waals surface area contributed by atoms with Crippen molar-refractivity contribution in [2.24, 2.45) is 0 Å². The molecule has 0 aliphatic heterocycles. The van der Waals surface area contributed by atoms with Crippen molar-refractivity contribution in [1.29, 1.82) is 0 Å². The molecule has 6 nitrogen and oxygen atoms in total. The molecule has 1 heterocycles. The molecule has 1 unspecified atom stereocenters. The van der Waals surface area contributed by atoms with Crippen LogP contribution in [0.2, 0.25) is 5.02 Å². The van der Waals surface area contributed by atoms with E-state index >= 15 is 0 Å². The van der Waals surface area contributed by atoms with Crippen LogP contribution in [0.25, 0.3) is 0 Å². The fourth-order valence-corrected chi connectivity index (χ4v) is 6.69. The number of aryl methyl sites for hydroxylation is 1. The summed E-state index contributed by atoms with van der Waals surface area (Å²) in [5.74, 6) is -0.692. The highest BCUT2D eigenvalue weighted by molar-refractivity contribution is 8.00. The normalized spacial score (nSPS) is 13.7. The summed E-state index contributed by atoms with van der Waals surface area (Å²) in [4.78, 5) is 40.5. The van der Waals surface area contributed by atoms with Crippen molar-refractivity contribution in [1.82, 2.24) is 0 Å². The predicted molar refractivity (Wildman–Crippen MR) is 156 cm³/mol. The highest BCUT2D eigenvalue weighted by Gasteiger charge is 2.27. The number of nitrogens with one attached hydrogen (secondary N) is 2. The topological polar surface area (TPSA) is 84.5 Å². The molecule has 2 aromatic carbocycles. The van der Waals surface area contributed by atoms with Gasteiger partial charge in [0, 0.05) is 20.5 Å². The molecule has 0 spiro atoms. The maximum Gasteiger partial charge on any atom is 0.341 e. The van der Waals surface area contributed by atoms with Crippen LogP contribution >= 0.6 is 34.7 Å². The maximum atomic E-state index is 13.2. The van der Waals surface area contributed by atoms with Crippen molar-refractivity contribution in [2.45, 2.75) is 62.5 Å². The van der Waals surface area contributed by atoms with Gasteiger partial charge in [-0.05, 0) is 81.0 Å². The van der Waals surface area contributed by atoms with Crippen LogP contribution in [0.15, 0.2) is 53.4 Å². The van der Waals surface area contributed by atoms with E-state index in [1.807, 2.05) is 43.3 Å². The minimum atomic E-state index is -0.424. The Balaban J connectivity index is 1.40. The van der Waals surface area contributed by atoms with Crippen molar-refractivity contribution >= 4 is 63.2 Å². The molecular formula is C29H31ClN2O4S2. The van der Waals surface area contributed by atoms with Gasteiger partial charge in [-0.1, -0.05) is 36.2 Å². The molecule has 0 radical (unpaired) electrons. The summed E-state index contributed by atoms with van der Waals surface area (Å²) >= 11 is 8.80. The lowest BCUT2D eigenvalue weighted by molar-refractivity contribution is -0.116. The second-order valence-electron chi connectivity index (χ2n) is 9.12. The molecule has 0 bridgehead atoms. The number of thioether (sulfide) groups is 1. The molecule has 9 heteroatoms. The number of fused-ring (bicyclic) bond motifs is 1. The number of carbonyl (C=O) groups is 3. The smallest absolute Gasteiger partial charge is 0.341 e. The molecule has 1 aromatic heterocycles. The lowest BCUT2D eigenvalue weighted by Crippen LogP contribution is -2.23. The quantitative estimate of drug-likeness (QED) is 0.162. The zero-order valence-corrected chi connectivity index (χ0v) is 23.9. The first-order valence-electron chi connectivity index (χ1n) is 12.8. The Hall–Kier alpha value is -2.81. The summed E-state index contributed by atoms with van der Waals surface area (Å²) in [6.07, 6.45) is 5.24. The number of hydrogen-bond acceptors (Lipinski definition) is 6. The predicted octanol–water partition coefficient (Wildman–Crippen LogP) is 7.15. The molecule has 4 rings (SSSR count). The third-order valence-corrected chi connectivity index (χ3v) is 8.77. The highest BCUT2D eigenvalue weighted by Crippen LogP contribution is 2.38. The van der Waals surface area contributed by atoms with Crippen LogP contribution in [0.1, 0.15) is 59.5 Å². The molecule has 38 heavy (non-hydrogen) atoms. The summed E-state index contributed by atoms with van der Waals surface area (Å²) in [5, 5.41) is 6.70. The number of rotatable bonds is 9. The first kappa shape index (κ1) is 28.2. The van der Waals surface area contributed by atoms with Crippen molar-refractivity contribution in [3.05, 3.63) is 75.1 Å². The first-order chi connectivity index (χ1) is 18.3. The van der Waals surface area contributed by atoms with Crippen LogP contribution in [0.5, 0.6) is 0 Å². The van der Waals surface area contributed by atoms with E-state index in [1.165, 1.54) is 28.0 Å². The van der Waals surface area contributed by atoms with Gasteiger partial charge in [0.05, 0.1) is 23.8 Å². The molecule has 1 atom stereocenters. The summed E-state index contributed by atoms with van der Waals surface area (Å²) < 4.78 is 5.33. The van der Waals surface area contributed by atoms with Crippen LogP contribution < -0.4 is 10.6 Å². The van der Waals surface area contributed by atoms with Crippen LogP contribution in [0.3, 0.4) is 0 Å². The second kappa shape index (κ2) is 13.3. The van der Waals surface area contributed by atoms with E-state index in [9.17, 15) is 14.4 Å². The van der Waals surface area contributed by atoms with Crippen LogP contribution in [0, 0.1) is 0 Å². The van der Waals surface area contributed by atoms with Gasteiger partial charge < -0.3 is 15.4 Å². The number of benzene rings is 2. The number of carbonyl (C=O) groups excluding carboxylic acids is 3. The molecule has 2 N–H and O–H groups in total. The standard InChI is InChI=1S/C29H31ClN2O4S2/c1-3-36-29(35)26-23-10-5-4-6-11-24(23)38-28(26)32-27(34)18(2)37-22-9-7-8-21(17-22)31-25(33)16-19-12-14-20(30)15-13-19/h7-9,12-15,17-18H,3-6,10-11,16H2,1-2H3,(H,31,33)(H,32,34). The zero-order valence-electron chi connectivity index (χ0n) is 21.5. The summed E-state index contributed by atoms with van der Waals surface area (Å²) in [6, 6.07) is 14.6. The third-order valence-electron chi connectivity index (χ3n) is 6.22. The Morgan fingerprint density at radius 3 is 2.58 bits per heavy atom. The molecule has 3 aromatic rings. The Bertz CT molecular complexity index is 1310. The van der Waals surface area contributed by atoms with Gasteiger partial charge in [0.1, 0.15) is 5.00 Å². The van der Waals surface area contributed by atoms with Crippen LogP contribution in [-0.4, -0.2) is 29.6 Å². The largest absolute Gasteiger partial charge is 0.462 e. The second-order valence-corrected chi connectivity index (χ2v) is 12.1. The van der Waals surface area contributed by atoms with Gasteiger partial charge in [0.15, 0.2) is 0 Å². The van der Waals surface area contributed by atoms with E-state index in [0.717, 1.165) is 48.1 Å². The maximum absolute atomic E-state index is 13.2. The average Bonchev–Trinajstić information content (AvgIpc) is 3.05. The fraction of sp³-hybridized carbons (Fsp3) is 0.345. The van der Waals surface area contributed by atoms with Crippen molar-refractivity contribution in [3.63, 3.8) is 0 Å². The molecule has 0 saturated carbocycles. The number of ether oxygens (including phenoxy) is 1. The molecule has 1 aliphatic carbocycles. The summed E-state index contributed by atoms with van der Waals surface area (Å²) in [7, 11) is 0. The van der Waals surface area contributed by atoms with Crippen molar-refractivity contribution < 1.29 is 19.1 Å². The first-order valence-corrected chi connectivity index (χ1v) is 14.8. The number of hydrogen-bond donors (Lipinski definition) is 2. The Kier molecular flexibility index (Phi) is 9.88. The molecule has 200 valence electrons. The van der Waals surface area contributed by atoms with Crippen LogP contribution in [-0.2, 0) is 33.6 Å². The Morgan fingerprint density at radius 2 is 1.82 bits per heavy atom. The number of thiophene rings is 1. The zero-order chi connectivity index (χ0) is 27.1. The van der Waals surface area contributed by atoms with Crippen molar-refractivity contribution in [3.8, 4) is 0 Å². The Labute approximate surface area is 236 Å². The number of esters is 1. The highest BCUT2D eigenvalue weighted by atomic mass is 35.5. The lowest BCUT2D eigenvalue weighted by Gasteiger charge is -2.14. The van der Waals surface area contributed by atoms with E-state index in [2.05, 4.69) is 10.6 Å².